The molecule has 0 N–H and O–H groups in total. The van der Waals surface area contributed by atoms with Crippen molar-refractivity contribution in [1.29, 1.82) is 0 Å². The van der Waals surface area contributed by atoms with Gasteiger partial charge < -0.3 is 9.26 Å². The third kappa shape index (κ3) is 8.44. The zero-order valence-corrected chi connectivity index (χ0v) is 17.8. The van der Waals surface area contributed by atoms with Crippen molar-refractivity contribution in [3.8, 4) is 0 Å². The molecule has 27 heavy (non-hydrogen) atoms. The molecule has 0 amide bonds. The van der Waals surface area contributed by atoms with Gasteiger partial charge in [-0.2, -0.15) is 4.98 Å². The summed E-state index contributed by atoms with van der Waals surface area (Å²) in [7, 11) is 0. The number of carbonyl (C=O) groups excluding carboxylic acids is 1. The van der Waals surface area contributed by atoms with E-state index >= 15 is 0 Å². The number of aromatic nitrogens is 2. The van der Waals surface area contributed by atoms with Crippen LogP contribution < -0.4 is 0 Å². The van der Waals surface area contributed by atoms with Crippen LogP contribution in [0.3, 0.4) is 0 Å². The number of rotatable bonds is 10. The molecule has 2 rings (SSSR count). The maximum absolute atomic E-state index is 12.4. The van der Waals surface area contributed by atoms with Crippen LogP contribution in [0, 0.1) is 5.92 Å². The summed E-state index contributed by atoms with van der Waals surface area (Å²) in [5.41, 5.74) is -0.467. The molecular weight excluding hydrogens is 340 g/mol. The number of hydrogen-bond donors (Lipinski definition) is 0. The van der Waals surface area contributed by atoms with Crippen LogP contribution in [0.4, 0.5) is 0 Å². The molecule has 1 fully saturated rings. The molecule has 1 aromatic rings. The predicted octanol–water partition coefficient (Wildman–Crippen LogP) is 5.98. The highest BCUT2D eigenvalue weighted by atomic mass is 16.6. The first-order valence-corrected chi connectivity index (χ1v) is 10.9. The summed E-state index contributed by atoms with van der Waals surface area (Å²) in [6.45, 7) is 7.85. The first kappa shape index (κ1) is 21.9. The van der Waals surface area contributed by atoms with Crippen LogP contribution in [-0.2, 0) is 16.0 Å². The van der Waals surface area contributed by atoms with E-state index in [0.717, 1.165) is 43.8 Å². The third-order valence-corrected chi connectivity index (χ3v) is 5.31. The highest BCUT2D eigenvalue weighted by Crippen LogP contribution is 2.31. The molecule has 1 aliphatic carbocycles. The van der Waals surface area contributed by atoms with Gasteiger partial charge in [-0.1, -0.05) is 63.4 Å². The lowest BCUT2D eigenvalue weighted by Crippen LogP contribution is -2.25. The molecule has 0 radical (unpaired) electrons. The Balaban J connectivity index is 1.94. The molecule has 154 valence electrons. The SMILES string of the molecule is CCCCc1noc([C@H](CCCC2CCCCC2)CC(=O)OC(C)(C)C)n1. The lowest BCUT2D eigenvalue weighted by molar-refractivity contribution is -0.155. The first-order chi connectivity index (χ1) is 12.9. The molecular formula is C22H38N2O3. The molecule has 1 saturated carbocycles. The van der Waals surface area contributed by atoms with E-state index in [1.54, 1.807) is 0 Å². The average molecular weight is 379 g/mol. The average Bonchev–Trinajstić information content (AvgIpc) is 3.07. The Morgan fingerprint density at radius 1 is 1.22 bits per heavy atom. The number of unbranched alkanes of at least 4 members (excludes halogenated alkanes) is 1. The van der Waals surface area contributed by atoms with Gasteiger partial charge in [0.1, 0.15) is 5.60 Å². The van der Waals surface area contributed by atoms with Gasteiger partial charge in [-0.05, 0) is 39.5 Å². The summed E-state index contributed by atoms with van der Waals surface area (Å²) in [5, 5.41) is 4.12. The number of hydrogen-bond acceptors (Lipinski definition) is 5. The molecule has 5 nitrogen and oxygen atoms in total. The van der Waals surface area contributed by atoms with Gasteiger partial charge in [0.05, 0.1) is 6.42 Å². The second-order valence-corrected chi connectivity index (χ2v) is 9.07. The molecule has 1 heterocycles. The second kappa shape index (κ2) is 10.8. The lowest BCUT2D eigenvalue weighted by atomic mass is 9.84. The molecule has 1 atom stereocenters. The minimum Gasteiger partial charge on any atom is -0.460 e. The van der Waals surface area contributed by atoms with Gasteiger partial charge in [0, 0.05) is 12.3 Å². The monoisotopic (exact) mass is 378 g/mol. The Kier molecular flexibility index (Phi) is 8.78. The molecule has 0 saturated heterocycles. The standard InChI is InChI=1S/C22H38N2O3/c1-5-6-15-19-23-21(27-24-19)18(16-20(25)26-22(2,3)4)14-10-13-17-11-8-7-9-12-17/h17-18H,5-16H2,1-4H3/t18-/m1/s1. The van der Waals surface area contributed by atoms with Crippen molar-refractivity contribution in [2.75, 3.05) is 0 Å². The Hall–Kier alpha value is -1.39. The van der Waals surface area contributed by atoms with E-state index in [-0.39, 0.29) is 11.9 Å². The largest absolute Gasteiger partial charge is 0.460 e. The number of ether oxygens (including phenoxy) is 1. The van der Waals surface area contributed by atoms with E-state index in [1.807, 2.05) is 20.8 Å². The van der Waals surface area contributed by atoms with Crippen LogP contribution in [0.1, 0.15) is 116 Å². The molecule has 0 spiro atoms. The molecule has 1 aromatic heterocycles. The molecule has 1 aliphatic rings. The van der Waals surface area contributed by atoms with E-state index in [2.05, 4.69) is 17.1 Å². The number of esters is 1. The first-order valence-electron chi connectivity index (χ1n) is 10.9. The normalized spacial score (nSPS) is 17.0. The number of nitrogens with zero attached hydrogens (tertiary/aromatic N) is 2. The van der Waals surface area contributed by atoms with Crippen molar-refractivity contribution in [2.45, 2.75) is 116 Å². The maximum Gasteiger partial charge on any atom is 0.307 e. The summed E-state index contributed by atoms with van der Waals surface area (Å²) in [4.78, 5) is 17.0. The summed E-state index contributed by atoms with van der Waals surface area (Å²) in [6.07, 6.45) is 13.4. The van der Waals surface area contributed by atoms with E-state index in [9.17, 15) is 4.79 Å². The Bertz CT molecular complexity index is 556. The summed E-state index contributed by atoms with van der Waals surface area (Å²) < 4.78 is 11.1. The maximum atomic E-state index is 12.4. The minimum atomic E-state index is -0.467. The smallest absolute Gasteiger partial charge is 0.307 e. The van der Waals surface area contributed by atoms with Crippen molar-refractivity contribution >= 4 is 5.97 Å². The van der Waals surface area contributed by atoms with Gasteiger partial charge in [-0.25, -0.2) is 0 Å². The van der Waals surface area contributed by atoms with Gasteiger partial charge in [0.15, 0.2) is 5.82 Å². The molecule has 5 heteroatoms. The van der Waals surface area contributed by atoms with E-state index in [0.29, 0.717) is 12.3 Å². The van der Waals surface area contributed by atoms with Crippen LogP contribution in [0.15, 0.2) is 4.52 Å². The van der Waals surface area contributed by atoms with Crippen molar-refractivity contribution < 1.29 is 14.1 Å². The highest BCUT2D eigenvalue weighted by Gasteiger charge is 2.26. The quantitative estimate of drug-likeness (QED) is 0.469. The summed E-state index contributed by atoms with van der Waals surface area (Å²) >= 11 is 0. The molecule has 0 bridgehead atoms. The number of aryl methyl sites for hydroxylation is 1. The molecule has 0 aliphatic heterocycles. The Morgan fingerprint density at radius 3 is 2.63 bits per heavy atom. The van der Waals surface area contributed by atoms with Crippen LogP contribution in [0.25, 0.3) is 0 Å². The Labute approximate surface area is 164 Å². The lowest BCUT2D eigenvalue weighted by Gasteiger charge is -2.23. The van der Waals surface area contributed by atoms with Gasteiger partial charge in [-0.3, -0.25) is 4.79 Å². The summed E-state index contributed by atoms with van der Waals surface area (Å²) in [6, 6.07) is 0. The highest BCUT2D eigenvalue weighted by molar-refractivity contribution is 5.70. The second-order valence-electron chi connectivity index (χ2n) is 9.07. The van der Waals surface area contributed by atoms with Gasteiger partial charge in [0.25, 0.3) is 0 Å². The van der Waals surface area contributed by atoms with Gasteiger partial charge in [-0.15, -0.1) is 0 Å². The van der Waals surface area contributed by atoms with Crippen LogP contribution in [0.2, 0.25) is 0 Å². The van der Waals surface area contributed by atoms with Crippen molar-refractivity contribution in [3.05, 3.63) is 11.7 Å². The van der Waals surface area contributed by atoms with Crippen LogP contribution in [0.5, 0.6) is 0 Å². The van der Waals surface area contributed by atoms with Crippen LogP contribution in [-0.4, -0.2) is 21.7 Å². The zero-order chi connectivity index (χ0) is 19.7. The predicted molar refractivity (Wildman–Crippen MR) is 107 cm³/mol. The molecule has 0 unspecified atom stereocenters. The zero-order valence-electron chi connectivity index (χ0n) is 17.8. The minimum absolute atomic E-state index is 0.0358. The number of carbonyl (C=O) groups is 1. The topological polar surface area (TPSA) is 65.2 Å². The Morgan fingerprint density at radius 2 is 1.96 bits per heavy atom. The van der Waals surface area contributed by atoms with Crippen molar-refractivity contribution in [3.63, 3.8) is 0 Å². The fourth-order valence-electron chi connectivity index (χ4n) is 3.90. The van der Waals surface area contributed by atoms with Crippen molar-refractivity contribution in [1.82, 2.24) is 10.1 Å². The fraction of sp³-hybridized carbons (Fsp3) is 0.864. The van der Waals surface area contributed by atoms with Crippen LogP contribution >= 0.6 is 0 Å². The van der Waals surface area contributed by atoms with E-state index in [4.69, 9.17) is 9.26 Å². The van der Waals surface area contributed by atoms with E-state index < -0.39 is 5.60 Å². The van der Waals surface area contributed by atoms with E-state index in [1.165, 1.54) is 38.5 Å². The van der Waals surface area contributed by atoms with Gasteiger partial charge in [0.2, 0.25) is 5.89 Å². The molecule has 0 aromatic carbocycles. The summed E-state index contributed by atoms with van der Waals surface area (Å²) in [5.74, 6) is 2.00. The third-order valence-electron chi connectivity index (χ3n) is 5.31. The van der Waals surface area contributed by atoms with Gasteiger partial charge >= 0.3 is 5.97 Å². The van der Waals surface area contributed by atoms with Crippen molar-refractivity contribution in [2.24, 2.45) is 5.92 Å². The fourth-order valence-corrected chi connectivity index (χ4v) is 3.90.